The predicted molar refractivity (Wildman–Crippen MR) is 85.7 cm³/mol. The minimum Gasteiger partial charge on any atom is -0.480 e. The van der Waals surface area contributed by atoms with E-state index in [2.05, 4.69) is 14.9 Å². The predicted octanol–water partition coefficient (Wildman–Crippen LogP) is 0.458. The second-order valence-corrected chi connectivity index (χ2v) is 6.42. The zero-order valence-electron chi connectivity index (χ0n) is 13.8. The first-order valence-electron chi connectivity index (χ1n) is 8.16. The minimum atomic E-state index is -0.999. The first-order valence-corrected chi connectivity index (χ1v) is 8.16. The molecule has 24 heavy (non-hydrogen) atoms. The van der Waals surface area contributed by atoms with Crippen LogP contribution in [0.3, 0.4) is 0 Å². The summed E-state index contributed by atoms with van der Waals surface area (Å²) in [4.78, 5) is 35.1. The third-order valence-corrected chi connectivity index (χ3v) is 4.64. The number of carbonyl (C=O) groups excluding carboxylic acids is 1. The van der Waals surface area contributed by atoms with Crippen molar-refractivity contribution in [3.63, 3.8) is 0 Å². The van der Waals surface area contributed by atoms with Gasteiger partial charge in [-0.25, -0.2) is 9.97 Å². The molecule has 1 amide bonds. The number of carboxylic acid groups (broad SMARTS) is 1. The highest BCUT2D eigenvalue weighted by Crippen LogP contribution is 2.32. The van der Waals surface area contributed by atoms with Gasteiger partial charge in [0.15, 0.2) is 0 Å². The number of aliphatic carboxylic acids is 1. The molecule has 2 aliphatic heterocycles. The van der Waals surface area contributed by atoms with E-state index < -0.39 is 11.6 Å². The monoisotopic (exact) mass is 334 g/mol. The second kappa shape index (κ2) is 6.72. The zero-order chi connectivity index (χ0) is 17.2. The van der Waals surface area contributed by atoms with Gasteiger partial charge in [-0.15, -0.1) is 0 Å². The highest BCUT2D eigenvalue weighted by Gasteiger charge is 2.40. The Balaban J connectivity index is 1.73. The van der Waals surface area contributed by atoms with Gasteiger partial charge in [0.25, 0.3) is 0 Å². The Kier molecular flexibility index (Phi) is 4.66. The van der Waals surface area contributed by atoms with Gasteiger partial charge in [0, 0.05) is 25.8 Å². The van der Waals surface area contributed by atoms with Crippen LogP contribution in [0.4, 0.5) is 5.82 Å². The number of rotatable bonds is 3. The van der Waals surface area contributed by atoms with E-state index in [0.717, 1.165) is 31.0 Å². The number of amides is 1. The van der Waals surface area contributed by atoms with E-state index in [1.807, 2.05) is 13.0 Å². The number of aryl methyl sites for hydroxylation is 1. The largest absolute Gasteiger partial charge is 0.480 e. The van der Waals surface area contributed by atoms with Crippen LogP contribution >= 0.6 is 0 Å². The van der Waals surface area contributed by atoms with E-state index in [0.29, 0.717) is 19.5 Å². The van der Waals surface area contributed by atoms with Gasteiger partial charge in [0.1, 0.15) is 24.8 Å². The molecule has 0 bridgehead atoms. The summed E-state index contributed by atoms with van der Waals surface area (Å²) in [6, 6.07) is 1.88. The maximum absolute atomic E-state index is 12.1. The highest BCUT2D eigenvalue weighted by atomic mass is 16.5. The topological polar surface area (TPSA) is 95.9 Å². The van der Waals surface area contributed by atoms with Gasteiger partial charge in [-0.2, -0.15) is 0 Å². The Morgan fingerprint density at radius 2 is 2.25 bits per heavy atom. The molecular formula is C16H22N4O4. The molecule has 0 aliphatic carbocycles. The molecule has 0 saturated carbocycles. The SMILES string of the molecule is Cc1nccc(N2CCCC3(CCN(CC(=O)O)C(=O)CO3)C2)n1. The average Bonchev–Trinajstić information content (AvgIpc) is 2.69. The second-order valence-electron chi connectivity index (χ2n) is 6.42. The molecule has 0 radical (unpaired) electrons. The number of nitrogens with zero attached hydrogens (tertiary/aromatic N) is 4. The minimum absolute atomic E-state index is 0.0656. The number of ether oxygens (including phenoxy) is 1. The summed E-state index contributed by atoms with van der Waals surface area (Å²) in [5, 5.41) is 8.94. The van der Waals surface area contributed by atoms with E-state index in [4.69, 9.17) is 9.84 Å². The van der Waals surface area contributed by atoms with E-state index in [9.17, 15) is 9.59 Å². The first kappa shape index (κ1) is 16.6. The van der Waals surface area contributed by atoms with Crippen LogP contribution in [-0.4, -0.2) is 70.2 Å². The van der Waals surface area contributed by atoms with E-state index in [1.165, 1.54) is 4.90 Å². The van der Waals surface area contributed by atoms with Crippen LogP contribution < -0.4 is 4.90 Å². The van der Waals surface area contributed by atoms with Gasteiger partial charge in [-0.3, -0.25) is 9.59 Å². The fraction of sp³-hybridized carbons (Fsp3) is 0.625. The van der Waals surface area contributed by atoms with Crippen molar-refractivity contribution >= 4 is 17.7 Å². The number of aromatic nitrogens is 2. The van der Waals surface area contributed by atoms with Crippen molar-refractivity contribution in [3.8, 4) is 0 Å². The fourth-order valence-corrected chi connectivity index (χ4v) is 3.41. The third kappa shape index (κ3) is 3.64. The van der Waals surface area contributed by atoms with Gasteiger partial charge in [-0.05, 0) is 32.3 Å². The number of hydrogen-bond donors (Lipinski definition) is 1. The van der Waals surface area contributed by atoms with Crippen molar-refractivity contribution in [2.45, 2.75) is 31.8 Å². The number of piperidine rings is 1. The van der Waals surface area contributed by atoms with Crippen LogP contribution in [-0.2, 0) is 14.3 Å². The average molecular weight is 334 g/mol. The number of carboxylic acids is 1. The molecule has 1 atom stereocenters. The Morgan fingerprint density at radius 1 is 1.42 bits per heavy atom. The van der Waals surface area contributed by atoms with Crippen molar-refractivity contribution in [1.82, 2.24) is 14.9 Å². The molecule has 8 nitrogen and oxygen atoms in total. The molecule has 8 heteroatoms. The quantitative estimate of drug-likeness (QED) is 0.857. The first-order chi connectivity index (χ1) is 11.5. The molecule has 2 saturated heterocycles. The van der Waals surface area contributed by atoms with Crippen molar-refractivity contribution in [1.29, 1.82) is 0 Å². The maximum Gasteiger partial charge on any atom is 0.323 e. The van der Waals surface area contributed by atoms with Crippen molar-refractivity contribution in [3.05, 3.63) is 18.1 Å². The van der Waals surface area contributed by atoms with Crippen LogP contribution in [0.5, 0.6) is 0 Å². The summed E-state index contributed by atoms with van der Waals surface area (Å²) in [5.74, 6) is 0.324. The summed E-state index contributed by atoms with van der Waals surface area (Å²) < 4.78 is 5.97. The fourth-order valence-electron chi connectivity index (χ4n) is 3.41. The Morgan fingerprint density at radius 3 is 3.00 bits per heavy atom. The van der Waals surface area contributed by atoms with Crippen molar-refractivity contribution < 1.29 is 19.4 Å². The summed E-state index contributed by atoms with van der Waals surface area (Å²) in [5.41, 5.74) is -0.431. The van der Waals surface area contributed by atoms with Gasteiger partial charge >= 0.3 is 5.97 Å². The van der Waals surface area contributed by atoms with E-state index >= 15 is 0 Å². The molecular weight excluding hydrogens is 312 g/mol. The molecule has 3 heterocycles. The van der Waals surface area contributed by atoms with Gasteiger partial charge in [0.2, 0.25) is 5.91 Å². The lowest BCUT2D eigenvalue weighted by Crippen LogP contribution is -2.50. The number of anilines is 1. The van der Waals surface area contributed by atoms with Gasteiger partial charge in [-0.1, -0.05) is 0 Å². The molecule has 1 spiro atoms. The lowest BCUT2D eigenvalue weighted by Gasteiger charge is -2.42. The molecule has 0 aromatic carbocycles. The standard InChI is InChI=1S/C16H22N4O4/c1-12-17-6-3-13(18-12)20-7-2-4-16(11-20)5-8-19(9-15(22)23)14(21)10-24-16/h3,6H,2,4-5,7-11H2,1H3,(H,22,23). The lowest BCUT2D eigenvalue weighted by atomic mass is 9.89. The van der Waals surface area contributed by atoms with Gasteiger partial charge < -0.3 is 19.6 Å². The van der Waals surface area contributed by atoms with Crippen LogP contribution in [0, 0.1) is 6.92 Å². The zero-order valence-corrected chi connectivity index (χ0v) is 13.8. The smallest absolute Gasteiger partial charge is 0.323 e. The Labute approximate surface area is 140 Å². The van der Waals surface area contributed by atoms with Crippen LogP contribution in [0.25, 0.3) is 0 Å². The third-order valence-electron chi connectivity index (χ3n) is 4.64. The van der Waals surface area contributed by atoms with Crippen LogP contribution in [0.1, 0.15) is 25.1 Å². The lowest BCUT2D eigenvalue weighted by molar-refractivity contribution is -0.146. The maximum atomic E-state index is 12.1. The molecule has 3 rings (SSSR count). The molecule has 1 unspecified atom stereocenters. The van der Waals surface area contributed by atoms with Crippen LogP contribution in [0.2, 0.25) is 0 Å². The normalized spacial score (nSPS) is 25.0. The van der Waals surface area contributed by atoms with E-state index in [1.54, 1.807) is 6.20 Å². The summed E-state index contributed by atoms with van der Waals surface area (Å²) in [7, 11) is 0. The Hall–Kier alpha value is -2.22. The number of carbonyl (C=O) groups is 2. The molecule has 130 valence electrons. The number of hydrogen-bond acceptors (Lipinski definition) is 6. The molecule has 2 fully saturated rings. The van der Waals surface area contributed by atoms with E-state index in [-0.39, 0.29) is 19.1 Å². The molecule has 2 aliphatic rings. The van der Waals surface area contributed by atoms with Crippen molar-refractivity contribution in [2.24, 2.45) is 0 Å². The molecule has 1 N–H and O–H groups in total. The summed E-state index contributed by atoms with van der Waals surface area (Å²) in [6.45, 7) is 3.46. The highest BCUT2D eigenvalue weighted by molar-refractivity contribution is 5.82. The molecule has 1 aromatic heterocycles. The summed E-state index contributed by atoms with van der Waals surface area (Å²) >= 11 is 0. The van der Waals surface area contributed by atoms with Crippen LogP contribution in [0.15, 0.2) is 12.3 Å². The summed E-state index contributed by atoms with van der Waals surface area (Å²) in [6.07, 6.45) is 4.18. The molecule has 1 aromatic rings. The van der Waals surface area contributed by atoms with Gasteiger partial charge in [0.05, 0.1) is 5.60 Å². The Bertz CT molecular complexity index is 638. The van der Waals surface area contributed by atoms with Crippen molar-refractivity contribution in [2.75, 3.05) is 37.7 Å².